The summed E-state index contributed by atoms with van der Waals surface area (Å²) >= 11 is 12.1. The van der Waals surface area contributed by atoms with Gasteiger partial charge in [-0.25, -0.2) is 12.8 Å². The predicted octanol–water partition coefficient (Wildman–Crippen LogP) is 5.43. The fraction of sp³-hybridized carbons (Fsp3) is 0.208. The van der Waals surface area contributed by atoms with Gasteiger partial charge in [-0.2, -0.15) is 0 Å². The summed E-state index contributed by atoms with van der Waals surface area (Å²) in [5, 5.41) is 3.72. The van der Waals surface area contributed by atoms with E-state index in [4.69, 9.17) is 27.9 Å². The molecule has 3 aromatic rings. The first-order chi connectivity index (χ1) is 16.1. The first-order valence-corrected chi connectivity index (χ1v) is 12.9. The van der Waals surface area contributed by atoms with Crippen molar-refractivity contribution in [2.75, 3.05) is 17.2 Å². The molecule has 3 aromatic carbocycles. The minimum absolute atomic E-state index is 0.107. The van der Waals surface area contributed by atoms with Gasteiger partial charge in [0, 0.05) is 27.7 Å². The molecule has 0 unspecified atom stereocenters. The Morgan fingerprint density at radius 1 is 1.03 bits per heavy atom. The van der Waals surface area contributed by atoms with Crippen molar-refractivity contribution in [3.63, 3.8) is 0 Å². The van der Waals surface area contributed by atoms with Gasteiger partial charge < -0.3 is 10.1 Å². The van der Waals surface area contributed by atoms with E-state index in [1.807, 2.05) is 0 Å². The molecule has 180 valence electrons. The molecule has 0 aliphatic heterocycles. The van der Waals surface area contributed by atoms with Crippen LogP contribution in [0.4, 0.5) is 10.1 Å². The molecule has 0 radical (unpaired) electrons. The lowest BCUT2D eigenvalue weighted by Crippen LogP contribution is -2.30. The van der Waals surface area contributed by atoms with Crippen LogP contribution < -0.4 is 14.4 Å². The van der Waals surface area contributed by atoms with Gasteiger partial charge in [-0.1, -0.05) is 29.3 Å². The molecule has 0 saturated carbocycles. The van der Waals surface area contributed by atoms with Crippen molar-refractivity contribution in [2.24, 2.45) is 0 Å². The average Bonchev–Trinajstić information content (AvgIpc) is 2.77. The molecule has 1 amide bonds. The Balaban J connectivity index is 1.88. The molecule has 0 aliphatic rings. The second-order valence-electron chi connectivity index (χ2n) is 7.42. The van der Waals surface area contributed by atoms with Crippen molar-refractivity contribution >= 4 is 44.8 Å². The normalized spacial score (nSPS) is 11.2. The highest BCUT2D eigenvalue weighted by molar-refractivity contribution is 7.92. The quantitative estimate of drug-likeness (QED) is 0.405. The number of ether oxygens (including phenoxy) is 1. The van der Waals surface area contributed by atoms with E-state index in [-0.39, 0.29) is 19.0 Å². The van der Waals surface area contributed by atoms with Crippen LogP contribution in [0.15, 0.2) is 60.7 Å². The molecule has 3 rings (SSSR count). The highest BCUT2D eigenvalue weighted by Crippen LogP contribution is 2.27. The number of nitrogens with one attached hydrogen (secondary N) is 1. The highest BCUT2D eigenvalue weighted by atomic mass is 35.5. The topological polar surface area (TPSA) is 75.7 Å². The minimum atomic E-state index is -3.72. The highest BCUT2D eigenvalue weighted by Gasteiger charge is 2.21. The first kappa shape index (κ1) is 25.8. The average molecular weight is 525 g/mol. The Morgan fingerprint density at radius 3 is 2.35 bits per heavy atom. The van der Waals surface area contributed by atoms with Crippen LogP contribution in [0, 0.1) is 5.82 Å². The van der Waals surface area contributed by atoms with Crippen molar-refractivity contribution in [1.82, 2.24) is 5.32 Å². The molecule has 6 nitrogen and oxygen atoms in total. The molecule has 10 heteroatoms. The maximum absolute atomic E-state index is 13.4. The summed E-state index contributed by atoms with van der Waals surface area (Å²) in [5.74, 6) is -0.412. The number of carbonyl (C=O) groups excluding carboxylic acids is 1. The van der Waals surface area contributed by atoms with Crippen LogP contribution in [0.5, 0.6) is 5.75 Å². The molecule has 0 fully saturated rings. The number of anilines is 1. The van der Waals surface area contributed by atoms with Crippen molar-refractivity contribution in [2.45, 2.75) is 20.0 Å². The van der Waals surface area contributed by atoms with Crippen LogP contribution in [0.1, 0.15) is 28.4 Å². The van der Waals surface area contributed by atoms with Crippen LogP contribution in [-0.2, 0) is 23.1 Å². The van der Waals surface area contributed by atoms with E-state index < -0.39 is 15.8 Å². The summed E-state index contributed by atoms with van der Waals surface area (Å²) in [6.07, 6.45) is 1.06. The third kappa shape index (κ3) is 6.62. The fourth-order valence-corrected chi connectivity index (χ4v) is 4.60. The number of sulfonamides is 1. The second kappa shape index (κ2) is 11.1. The van der Waals surface area contributed by atoms with Crippen LogP contribution in [0.3, 0.4) is 0 Å². The summed E-state index contributed by atoms with van der Waals surface area (Å²) in [6.45, 7) is 2.23. The van der Waals surface area contributed by atoms with Gasteiger partial charge in [-0.15, -0.1) is 0 Å². The van der Waals surface area contributed by atoms with E-state index in [0.717, 1.165) is 10.6 Å². The van der Waals surface area contributed by atoms with Crippen LogP contribution in [0.25, 0.3) is 0 Å². The molecule has 0 atom stereocenters. The minimum Gasteiger partial charge on any atom is -0.494 e. The summed E-state index contributed by atoms with van der Waals surface area (Å²) in [6, 6.07) is 14.9. The molecule has 1 N–H and O–H groups in total. The van der Waals surface area contributed by atoms with Gasteiger partial charge in [0.15, 0.2) is 0 Å². The number of hydrogen-bond acceptors (Lipinski definition) is 4. The van der Waals surface area contributed by atoms with E-state index in [2.05, 4.69) is 5.32 Å². The predicted molar refractivity (Wildman–Crippen MR) is 133 cm³/mol. The zero-order valence-corrected chi connectivity index (χ0v) is 20.8. The Kier molecular flexibility index (Phi) is 8.41. The number of carbonyl (C=O) groups is 1. The molecule has 0 aliphatic carbocycles. The number of halogens is 3. The van der Waals surface area contributed by atoms with E-state index >= 15 is 0 Å². The monoisotopic (exact) mass is 524 g/mol. The van der Waals surface area contributed by atoms with Gasteiger partial charge in [0.2, 0.25) is 10.0 Å². The maximum Gasteiger partial charge on any atom is 0.251 e. The summed E-state index contributed by atoms with van der Waals surface area (Å²) in [7, 11) is -3.72. The van der Waals surface area contributed by atoms with Gasteiger partial charge in [0.1, 0.15) is 11.6 Å². The fourth-order valence-electron chi connectivity index (χ4n) is 3.25. The SMILES string of the molecule is CCOc1ccc(C(=O)NCc2ccc(Cl)cc2Cl)cc1CN(c1ccc(F)cc1)S(C)(=O)=O. The third-order valence-electron chi connectivity index (χ3n) is 4.91. The molecule has 0 aromatic heterocycles. The number of benzene rings is 3. The standard InChI is InChI=1S/C24H23Cl2FN2O4S/c1-3-33-23-11-5-16(24(30)28-14-17-4-6-19(25)13-22(17)26)12-18(23)15-29(34(2,31)32)21-9-7-20(27)8-10-21/h4-13H,3,14-15H2,1-2H3,(H,28,30). The van der Waals surface area contributed by atoms with Gasteiger partial charge >= 0.3 is 0 Å². The van der Waals surface area contributed by atoms with Crippen molar-refractivity contribution in [1.29, 1.82) is 0 Å². The number of nitrogens with zero attached hydrogens (tertiary/aromatic N) is 1. The molecule has 0 heterocycles. The lowest BCUT2D eigenvalue weighted by Gasteiger charge is -2.24. The first-order valence-electron chi connectivity index (χ1n) is 10.3. The van der Waals surface area contributed by atoms with Crippen molar-refractivity contribution in [3.05, 3.63) is 93.2 Å². The van der Waals surface area contributed by atoms with Crippen LogP contribution in [-0.4, -0.2) is 27.2 Å². The van der Waals surface area contributed by atoms with E-state index in [1.165, 1.54) is 24.3 Å². The Morgan fingerprint density at radius 2 is 1.74 bits per heavy atom. The molecule has 0 spiro atoms. The van der Waals surface area contributed by atoms with Crippen molar-refractivity contribution in [3.8, 4) is 5.75 Å². The Bertz CT molecular complexity index is 1280. The van der Waals surface area contributed by atoms with E-state index in [0.29, 0.717) is 44.8 Å². The van der Waals surface area contributed by atoms with Crippen LogP contribution in [0.2, 0.25) is 10.0 Å². The number of rotatable bonds is 9. The number of hydrogen-bond donors (Lipinski definition) is 1. The van der Waals surface area contributed by atoms with E-state index in [1.54, 1.807) is 43.3 Å². The maximum atomic E-state index is 13.4. The van der Waals surface area contributed by atoms with Gasteiger partial charge in [-0.3, -0.25) is 9.10 Å². The lowest BCUT2D eigenvalue weighted by atomic mass is 10.1. The Hall–Kier alpha value is -2.81. The number of amides is 1. The smallest absolute Gasteiger partial charge is 0.251 e. The molecular weight excluding hydrogens is 502 g/mol. The zero-order valence-electron chi connectivity index (χ0n) is 18.5. The zero-order chi connectivity index (χ0) is 24.9. The van der Waals surface area contributed by atoms with Gasteiger partial charge in [0.05, 0.1) is 25.1 Å². The summed E-state index contributed by atoms with van der Waals surface area (Å²) in [5.41, 5.74) is 1.79. The van der Waals surface area contributed by atoms with Gasteiger partial charge in [0.25, 0.3) is 5.91 Å². The molecular formula is C24H23Cl2FN2O4S. The van der Waals surface area contributed by atoms with Gasteiger partial charge in [-0.05, 0) is 67.1 Å². The second-order valence-corrected chi connectivity index (χ2v) is 10.2. The lowest BCUT2D eigenvalue weighted by molar-refractivity contribution is 0.0950. The largest absolute Gasteiger partial charge is 0.494 e. The van der Waals surface area contributed by atoms with Crippen LogP contribution >= 0.6 is 23.2 Å². The third-order valence-corrected chi connectivity index (χ3v) is 6.63. The molecule has 34 heavy (non-hydrogen) atoms. The summed E-state index contributed by atoms with van der Waals surface area (Å²) < 4.78 is 45.2. The summed E-state index contributed by atoms with van der Waals surface area (Å²) in [4.78, 5) is 12.8. The Labute approximate surface area is 208 Å². The van der Waals surface area contributed by atoms with Crippen molar-refractivity contribution < 1.29 is 22.3 Å². The molecule has 0 saturated heterocycles. The molecule has 0 bridgehead atoms. The van der Waals surface area contributed by atoms with E-state index in [9.17, 15) is 17.6 Å².